The molecule has 1 saturated carbocycles. The fourth-order valence-corrected chi connectivity index (χ4v) is 5.80. The van der Waals surface area contributed by atoms with Crippen molar-refractivity contribution in [2.24, 2.45) is 11.7 Å². The second-order valence-electron chi connectivity index (χ2n) is 5.62. The third-order valence-corrected chi connectivity index (χ3v) is 7.18. The highest BCUT2D eigenvalue weighted by molar-refractivity contribution is 7.90. The molecule has 4 nitrogen and oxygen atoms in total. The molecule has 1 spiro atoms. The van der Waals surface area contributed by atoms with Gasteiger partial charge in [0, 0.05) is 30.6 Å². The van der Waals surface area contributed by atoms with Crippen LogP contribution in [-0.4, -0.2) is 25.8 Å². The van der Waals surface area contributed by atoms with Crippen LogP contribution in [0.25, 0.3) is 0 Å². The van der Waals surface area contributed by atoms with E-state index in [1.54, 1.807) is 13.1 Å². The Morgan fingerprint density at radius 3 is 2.79 bits per heavy atom. The van der Waals surface area contributed by atoms with Crippen LogP contribution in [0.2, 0.25) is 5.02 Å². The number of nitrogens with two attached hydrogens (primary N) is 1. The Balaban J connectivity index is 2.24. The van der Waals surface area contributed by atoms with Gasteiger partial charge in [0.05, 0.1) is 0 Å². The van der Waals surface area contributed by atoms with Gasteiger partial charge in [-0.05, 0) is 36.6 Å². The van der Waals surface area contributed by atoms with Crippen LogP contribution < -0.4 is 5.73 Å². The van der Waals surface area contributed by atoms with Crippen LogP contribution in [0.5, 0.6) is 0 Å². The summed E-state index contributed by atoms with van der Waals surface area (Å²) in [6.45, 7) is 2.27. The summed E-state index contributed by atoms with van der Waals surface area (Å²) in [6, 6.07) is 5.38. The van der Waals surface area contributed by atoms with Crippen LogP contribution in [0.4, 0.5) is 0 Å². The van der Waals surface area contributed by atoms with Gasteiger partial charge in [-0.25, -0.2) is 8.42 Å². The summed E-state index contributed by atoms with van der Waals surface area (Å²) in [4.78, 5) is 0. The van der Waals surface area contributed by atoms with E-state index in [1.165, 1.54) is 4.31 Å². The molecule has 19 heavy (non-hydrogen) atoms. The molecule has 2 aliphatic rings. The lowest BCUT2D eigenvalue weighted by atomic mass is 9.99. The fourth-order valence-electron chi connectivity index (χ4n) is 3.31. The minimum atomic E-state index is -3.36. The molecule has 1 fully saturated rings. The number of rotatable bonds is 1. The van der Waals surface area contributed by atoms with Gasteiger partial charge in [0.15, 0.2) is 0 Å². The van der Waals surface area contributed by atoms with Crippen molar-refractivity contribution >= 4 is 21.6 Å². The summed E-state index contributed by atoms with van der Waals surface area (Å²) < 4.78 is 26.0. The van der Waals surface area contributed by atoms with Crippen molar-refractivity contribution in [2.75, 3.05) is 7.05 Å². The van der Waals surface area contributed by atoms with E-state index < -0.39 is 14.8 Å². The summed E-state index contributed by atoms with van der Waals surface area (Å²) in [6.07, 6.45) is 0.588. The highest BCUT2D eigenvalue weighted by Gasteiger charge is 2.68. The molecule has 104 valence electrons. The summed E-state index contributed by atoms with van der Waals surface area (Å²) in [5.41, 5.74) is 7.83. The maximum atomic E-state index is 12.7. The maximum absolute atomic E-state index is 12.7. The van der Waals surface area contributed by atoms with E-state index in [0.717, 1.165) is 11.1 Å². The van der Waals surface area contributed by atoms with Gasteiger partial charge in [0.25, 0.3) is 0 Å². The highest BCUT2D eigenvalue weighted by atomic mass is 35.5. The number of sulfonamides is 1. The van der Waals surface area contributed by atoms with Crippen LogP contribution in [0, 0.1) is 5.92 Å². The third kappa shape index (κ3) is 1.62. The molecule has 2 N–H and O–H groups in total. The van der Waals surface area contributed by atoms with Crippen LogP contribution in [0.1, 0.15) is 24.5 Å². The highest BCUT2D eigenvalue weighted by Crippen LogP contribution is 2.62. The largest absolute Gasteiger partial charge is 0.328 e. The van der Waals surface area contributed by atoms with Crippen molar-refractivity contribution in [1.82, 2.24) is 4.31 Å². The molecule has 0 amide bonds. The summed E-state index contributed by atoms with van der Waals surface area (Å²) in [5, 5.41) is 0.577. The van der Waals surface area contributed by atoms with Gasteiger partial charge in [-0.1, -0.05) is 17.7 Å². The van der Waals surface area contributed by atoms with Crippen LogP contribution in [-0.2, 0) is 21.3 Å². The smallest absolute Gasteiger partial charge is 0.224 e. The lowest BCUT2D eigenvalue weighted by molar-refractivity contribution is 0.427. The van der Waals surface area contributed by atoms with Gasteiger partial charge >= 0.3 is 0 Å². The maximum Gasteiger partial charge on any atom is 0.224 e. The molecule has 0 bridgehead atoms. The van der Waals surface area contributed by atoms with E-state index in [9.17, 15) is 8.42 Å². The molecule has 1 heterocycles. The van der Waals surface area contributed by atoms with E-state index in [4.69, 9.17) is 17.3 Å². The number of halogens is 1. The SMILES string of the molecule is CC(N)C1CC12c1cc(Cl)ccc1CN(C)S2(=O)=O. The molecule has 3 unspecified atom stereocenters. The molecule has 0 saturated heterocycles. The lowest BCUT2D eigenvalue weighted by Crippen LogP contribution is -2.43. The van der Waals surface area contributed by atoms with Gasteiger partial charge in [-0.3, -0.25) is 0 Å². The molecule has 1 aliphatic heterocycles. The number of hydrogen-bond donors (Lipinski definition) is 1. The fraction of sp³-hybridized carbons (Fsp3) is 0.538. The summed E-state index contributed by atoms with van der Waals surface area (Å²) >= 11 is 6.05. The molecule has 0 radical (unpaired) electrons. The van der Waals surface area contributed by atoms with Crippen molar-refractivity contribution in [1.29, 1.82) is 0 Å². The van der Waals surface area contributed by atoms with Crippen molar-refractivity contribution in [3.05, 3.63) is 34.3 Å². The first-order valence-corrected chi connectivity index (χ1v) is 8.13. The van der Waals surface area contributed by atoms with Crippen LogP contribution >= 0.6 is 11.6 Å². The molecule has 1 aliphatic carbocycles. The van der Waals surface area contributed by atoms with Gasteiger partial charge < -0.3 is 5.73 Å². The first kappa shape index (κ1) is 13.4. The van der Waals surface area contributed by atoms with Crippen LogP contribution in [0.3, 0.4) is 0 Å². The zero-order valence-electron chi connectivity index (χ0n) is 10.9. The molecular formula is C13H17ClN2O2S. The molecule has 1 aromatic carbocycles. The van der Waals surface area contributed by atoms with Gasteiger partial charge in [0.2, 0.25) is 10.0 Å². The quantitative estimate of drug-likeness (QED) is 0.858. The van der Waals surface area contributed by atoms with E-state index in [0.29, 0.717) is 18.0 Å². The van der Waals surface area contributed by atoms with Crippen LogP contribution in [0.15, 0.2) is 18.2 Å². The van der Waals surface area contributed by atoms with E-state index in [2.05, 4.69) is 0 Å². The number of benzene rings is 1. The van der Waals surface area contributed by atoms with Gasteiger partial charge in [-0.2, -0.15) is 4.31 Å². The first-order chi connectivity index (χ1) is 8.80. The van der Waals surface area contributed by atoms with Crippen molar-refractivity contribution in [3.8, 4) is 0 Å². The van der Waals surface area contributed by atoms with Crippen molar-refractivity contribution < 1.29 is 8.42 Å². The molecule has 1 aromatic rings. The minimum absolute atomic E-state index is 0.0301. The van der Waals surface area contributed by atoms with Crippen molar-refractivity contribution in [2.45, 2.75) is 30.7 Å². The predicted octanol–water partition coefficient (Wildman–Crippen LogP) is 1.68. The number of fused-ring (bicyclic) bond motifs is 2. The Morgan fingerprint density at radius 1 is 1.53 bits per heavy atom. The Bertz CT molecular complexity index is 644. The Morgan fingerprint density at radius 2 is 2.21 bits per heavy atom. The molecule has 3 atom stereocenters. The minimum Gasteiger partial charge on any atom is -0.328 e. The second kappa shape index (κ2) is 3.95. The van der Waals surface area contributed by atoms with Crippen molar-refractivity contribution in [3.63, 3.8) is 0 Å². The first-order valence-electron chi connectivity index (χ1n) is 6.31. The topological polar surface area (TPSA) is 63.4 Å². The zero-order chi connectivity index (χ0) is 14.0. The number of hydrogen-bond acceptors (Lipinski definition) is 3. The molecule has 6 heteroatoms. The average molecular weight is 301 g/mol. The second-order valence-corrected chi connectivity index (χ2v) is 8.36. The monoisotopic (exact) mass is 300 g/mol. The Kier molecular flexibility index (Phi) is 2.78. The average Bonchev–Trinajstić information content (AvgIpc) is 3.06. The van der Waals surface area contributed by atoms with E-state index in [-0.39, 0.29) is 12.0 Å². The van der Waals surface area contributed by atoms with E-state index >= 15 is 0 Å². The molecule has 3 rings (SSSR count). The van der Waals surface area contributed by atoms with Gasteiger partial charge in [-0.15, -0.1) is 0 Å². The summed E-state index contributed by atoms with van der Waals surface area (Å²) in [7, 11) is -1.73. The lowest BCUT2D eigenvalue weighted by Gasteiger charge is -2.33. The Hall–Kier alpha value is -0.620. The molecular weight excluding hydrogens is 284 g/mol. The Labute approximate surface area is 118 Å². The zero-order valence-corrected chi connectivity index (χ0v) is 12.5. The normalized spacial score (nSPS) is 34.0. The standard InChI is InChI=1S/C13H17ClN2O2S/c1-8(15)12-6-13(12)11-5-10(14)4-3-9(11)7-16(2)19(13,17)18/h3-5,8,12H,6-7,15H2,1-2H3. The van der Waals surface area contributed by atoms with Gasteiger partial charge in [0.1, 0.15) is 4.75 Å². The third-order valence-electron chi connectivity index (χ3n) is 4.39. The number of nitrogens with zero attached hydrogens (tertiary/aromatic N) is 1. The molecule has 0 aromatic heterocycles. The summed E-state index contributed by atoms with van der Waals surface area (Å²) in [5.74, 6) is -0.0301. The predicted molar refractivity (Wildman–Crippen MR) is 75.3 cm³/mol. The van der Waals surface area contributed by atoms with E-state index in [1.807, 2.05) is 19.1 Å².